The number of nitrogens with one attached hydrogen (secondary N) is 1. The Morgan fingerprint density at radius 3 is 2.70 bits per heavy atom. The van der Waals surface area contributed by atoms with Crippen LogP contribution in [0.1, 0.15) is 10.4 Å². The minimum absolute atomic E-state index is 0.0705. The van der Waals surface area contributed by atoms with Crippen molar-refractivity contribution >= 4 is 33.2 Å². The monoisotopic (exact) mass is 338 g/mol. The van der Waals surface area contributed by atoms with Crippen LogP contribution in [-0.4, -0.2) is 13.0 Å². The van der Waals surface area contributed by atoms with E-state index in [-0.39, 0.29) is 11.3 Å². The number of methoxy groups -OCH3 is 1. The maximum atomic E-state index is 13.1. The fraction of sp³-hybridized carbons (Fsp3) is 0.0714. The lowest BCUT2D eigenvalue weighted by Crippen LogP contribution is -2.13. The highest BCUT2D eigenvalue weighted by atomic mass is 79.9. The predicted molar refractivity (Wildman–Crippen MR) is 79.5 cm³/mol. The Morgan fingerprint density at radius 2 is 2.05 bits per heavy atom. The number of hydrogen-bond acceptors (Lipinski definition) is 3. The molecule has 4 nitrogen and oxygen atoms in total. The van der Waals surface area contributed by atoms with Crippen molar-refractivity contribution in [2.75, 3.05) is 18.2 Å². The summed E-state index contributed by atoms with van der Waals surface area (Å²) in [6, 6.07) is 9.04. The summed E-state index contributed by atoms with van der Waals surface area (Å²) >= 11 is 3.32. The van der Waals surface area contributed by atoms with Crippen LogP contribution in [0.2, 0.25) is 0 Å². The molecule has 0 saturated carbocycles. The van der Waals surface area contributed by atoms with Crippen LogP contribution in [0.15, 0.2) is 40.9 Å². The zero-order valence-electron chi connectivity index (χ0n) is 10.6. The lowest BCUT2D eigenvalue weighted by atomic mass is 10.1. The van der Waals surface area contributed by atoms with E-state index in [0.29, 0.717) is 11.4 Å². The van der Waals surface area contributed by atoms with Crippen molar-refractivity contribution in [2.45, 2.75) is 0 Å². The summed E-state index contributed by atoms with van der Waals surface area (Å²) in [5.74, 6) is -0.425. The molecule has 0 saturated heterocycles. The van der Waals surface area contributed by atoms with Crippen LogP contribution in [-0.2, 0) is 0 Å². The quantitative estimate of drug-likeness (QED) is 0.842. The van der Waals surface area contributed by atoms with Gasteiger partial charge in [-0.1, -0.05) is 15.9 Å². The van der Waals surface area contributed by atoms with Crippen molar-refractivity contribution in [3.05, 3.63) is 52.3 Å². The summed E-state index contributed by atoms with van der Waals surface area (Å²) in [5, 5.41) is 2.69. The smallest absolute Gasteiger partial charge is 0.255 e. The second-order valence-corrected chi connectivity index (χ2v) is 4.95. The predicted octanol–water partition coefficient (Wildman–Crippen LogP) is 3.43. The number of benzene rings is 2. The molecular weight excluding hydrogens is 327 g/mol. The fourth-order valence-electron chi connectivity index (χ4n) is 1.66. The number of carbonyl (C=O) groups excluding carboxylic acids is 1. The van der Waals surface area contributed by atoms with Crippen molar-refractivity contribution in [2.24, 2.45) is 0 Å². The summed E-state index contributed by atoms with van der Waals surface area (Å²) in [6.45, 7) is 0. The van der Waals surface area contributed by atoms with Gasteiger partial charge < -0.3 is 15.8 Å². The molecule has 1 amide bonds. The fourth-order valence-corrected chi connectivity index (χ4v) is 2.02. The maximum absolute atomic E-state index is 13.1. The molecule has 6 heteroatoms. The average Bonchev–Trinajstić information content (AvgIpc) is 2.42. The van der Waals surface area contributed by atoms with Crippen LogP contribution >= 0.6 is 15.9 Å². The van der Waals surface area contributed by atoms with Gasteiger partial charge in [-0.25, -0.2) is 4.39 Å². The average molecular weight is 339 g/mol. The molecule has 0 heterocycles. The highest BCUT2D eigenvalue weighted by molar-refractivity contribution is 9.10. The molecule has 0 aliphatic rings. The zero-order valence-corrected chi connectivity index (χ0v) is 12.2. The Kier molecular flexibility index (Phi) is 4.24. The largest absolute Gasteiger partial charge is 0.495 e. The summed E-state index contributed by atoms with van der Waals surface area (Å²) in [4.78, 5) is 12.1. The van der Waals surface area contributed by atoms with Crippen LogP contribution in [0.5, 0.6) is 5.75 Å². The molecule has 20 heavy (non-hydrogen) atoms. The van der Waals surface area contributed by atoms with Gasteiger partial charge in [0.1, 0.15) is 11.6 Å². The summed E-state index contributed by atoms with van der Waals surface area (Å²) in [5.41, 5.74) is 6.15. The molecular formula is C14H12BrFN2O2. The Labute approximate surface area is 123 Å². The molecule has 0 atom stereocenters. The minimum atomic E-state index is -0.554. The molecule has 0 aliphatic carbocycles. The topological polar surface area (TPSA) is 64.3 Å². The van der Waals surface area contributed by atoms with E-state index in [2.05, 4.69) is 21.2 Å². The van der Waals surface area contributed by atoms with Crippen LogP contribution in [0.4, 0.5) is 15.8 Å². The van der Waals surface area contributed by atoms with Crippen molar-refractivity contribution in [1.82, 2.24) is 0 Å². The van der Waals surface area contributed by atoms with Crippen LogP contribution < -0.4 is 15.8 Å². The third kappa shape index (κ3) is 3.08. The Balaban J connectivity index is 2.27. The van der Waals surface area contributed by atoms with Gasteiger partial charge in [0, 0.05) is 10.0 Å². The Hall–Kier alpha value is -2.08. The number of carbonyl (C=O) groups is 1. The third-order valence-electron chi connectivity index (χ3n) is 2.67. The number of hydrogen-bond donors (Lipinski definition) is 2. The molecule has 2 aromatic carbocycles. The third-order valence-corrected chi connectivity index (χ3v) is 3.16. The first-order valence-electron chi connectivity index (χ1n) is 5.71. The van der Waals surface area contributed by atoms with E-state index >= 15 is 0 Å². The lowest BCUT2D eigenvalue weighted by Gasteiger charge is -2.11. The number of rotatable bonds is 3. The van der Waals surface area contributed by atoms with Crippen molar-refractivity contribution in [3.8, 4) is 5.75 Å². The standard InChI is InChI=1S/C14H12BrFN2O2/c1-20-13-5-3-9(15)7-12(13)18-14(19)8-2-4-10(16)11(17)6-8/h2-7H,17H2,1H3,(H,18,19). The molecule has 2 rings (SSSR count). The van der Waals surface area contributed by atoms with Gasteiger partial charge in [-0.05, 0) is 36.4 Å². The van der Waals surface area contributed by atoms with E-state index in [4.69, 9.17) is 10.5 Å². The van der Waals surface area contributed by atoms with Crippen molar-refractivity contribution in [1.29, 1.82) is 0 Å². The second-order valence-electron chi connectivity index (χ2n) is 4.04. The molecule has 0 bridgehead atoms. The van der Waals surface area contributed by atoms with Crippen molar-refractivity contribution < 1.29 is 13.9 Å². The molecule has 104 valence electrons. The van der Waals surface area contributed by atoms with Crippen LogP contribution in [0, 0.1) is 5.82 Å². The molecule has 0 spiro atoms. The lowest BCUT2D eigenvalue weighted by molar-refractivity contribution is 0.102. The molecule has 0 fully saturated rings. The van der Waals surface area contributed by atoms with Crippen LogP contribution in [0.25, 0.3) is 0 Å². The first-order chi connectivity index (χ1) is 9.51. The number of amides is 1. The highest BCUT2D eigenvalue weighted by Gasteiger charge is 2.11. The summed E-state index contributed by atoms with van der Waals surface area (Å²) in [6.07, 6.45) is 0. The SMILES string of the molecule is COc1ccc(Br)cc1NC(=O)c1ccc(F)c(N)c1. The first-order valence-corrected chi connectivity index (χ1v) is 6.50. The van der Waals surface area contributed by atoms with Gasteiger partial charge in [0.05, 0.1) is 18.5 Å². The van der Waals surface area contributed by atoms with Gasteiger partial charge >= 0.3 is 0 Å². The van der Waals surface area contributed by atoms with Gasteiger partial charge in [-0.15, -0.1) is 0 Å². The molecule has 0 aromatic heterocycles. The van der Waals surface area contributed by atoms with Gasteiger partial charge in [0.25, 0.3) is 5.91 Å². The minimum Gasteiger partial charge on any atom is -0.495 e. The molecule has 0 radical (unpaired) electrons. The normalized spacial score (nSPS) is 10.2. The second kappa shape index (κ2) is 5.92. The van der Waals surface area contributed by atoms with E-state index in [9.17, 15) is 9.18 Å². The van der Waals surface area contributed by atoms with Crippen molar-refractivity contribution in [3.63, 3.8) is 0 Å². The zero-order chi connectivity index (χ0) is 14.7. The molecule has 2 aromatic rings. The van der Waals surface area contributed by atoms with Gasteiger partial charge in [-0.2, -0.15) is 0 Å². The van der Waals surface area contributed by atoms with E-state index in [0.717, 1.165) is 10.5 Å². The van der Waals surface area contributed by atoms with Gasteiger partial charge in [-0.3, -0.25) is 4.79 Å². The number of anilines is 2. The number of ether oxygens (including phenoxy) is 1. The Morgan fingerprint density at radius 1 is 1.30 bits per heavy atom. The summed E-state index contributed by atoms with van der Waals surface area (Å²) in [7, 11) is 1.51. The van der Waals surface area contributed by atoms with Gasteiger partial charge in [0.15, 0.2) is 0 Å². The Bertz CT molecular complexity index is 662. The van der Waals surface area contributed by atoms with E-state index in [1.54, 1.807) is 18.2 Å². The number of nitrogens with two attached hydrogens (primary N) is 1. The molecule has 0 unspecified atom stereocenters. The highest BCUT2D eigenvalue weighted by Crippen LogP contribution is 2.28. The first kappa shape index (κ1) is 14.3. The number of halogens is 2. The van der Waals surface area contributed by atoms with Crippen LogP contribution in [0.3, 0.4) is 0 Å². The number of nitrogen functional groups attached to an aromatic ring is 1. The molecule has 0 aliphatic heterocycles. The maximum Gasteiger partial charge on any atom is 0.255 e. The molecule has 3 N–H and O–H groups in total. The van der Waals surface area contributed by atoms with E-state index < -0.39 is 11.7 Å². The van der Waals surface area contributed by atoms with E-state index in [1.165, 1.54) is 19.2 Å². The van der Waals surface area contributed by atoms with Gasteiger partial charge in [0.2, 0.25) is 0 Å². The van der Waals surface area contributed by atoms with E-state index in [1.807, 2.05) is 0 Å². The summed E-state index contributed by atoms with van der Waals surface area (Å²) < 4.78 is 19.0.